The van der Waals surface area contributed by atoms with E-state index >= 15 is 0 Å². The number of hydrazone groups is 1. The largest absolute Gasteiger partial charge is 0.396 e. The third-order valence-corrected chi connectivity index (χ3v) is 7.05. The van der Waals surface area contributed by atoms with E-state index in [0.717, 1.165) is 49.1 Å². The van der Waals surface area contributed by atoms with Gasteiger partial charge in [-0.2, -0.15) is 5.10 Å². The van der Waals surface area contributed by atoms with Gasteiger partial charge in [-0.25, -0.2) is 5.01 Å². The second-order valence-electron chi connectivity index (χ2n) is 10.5. The Morgan fingerprint density at radius 3 is 2.41 bits per heavy atom. The van der Waals surface area contributed by atoms with Crippen molar-refractivity contribution in [1.29, 1.82) is 0 Å². The highest BCUT2D eigenvalue weighted by molar-refractivity contribution is 6.10. The maximum absolute atomic E-state index is 13.9. The molecule has 2 unspecified atom stereocenters. The van der Waals surface area contributed by atoms with E-state index in [1.54, 1.807) is 0 Å². The highest BCUT2D eigenvalue weighted by Crippen LogP contribution is 2.41. The predicted molar refractivity (Wildman–Crippen MR) is 141 cm³/mol. The van der Waals surface area contributed by atoms with Gasteiger partial charge in [-0.3, -0.25) is 4.79 Å². The number of carbonyl (C=O) groups is 1. The van der Waals surface area contributed by atoms with Gasteiger partial charge in [0.25, 0.3) is 0 Å². The van der Waals surface area contributed by atoms with Crippen LogP contribution in [0.4, 0.5) is 5.69 Å². The quantitative estimate of drug-likeness (QED) is 0.420. The van der Waals surface area contributed by atoms with Crippen LogP contribution in [0.5, 0.6) is 0 Å². The number of carbonyl (C=O) groups excluding carboxylic acids is 1. The molecule has 0 aliphatic carbocycles. The second kappa shape index (κ2) is 11.2. The molecule has 1 amide bonds. The minimum absolute atomic E-state index is 0.00474. The molecule has 2 atom stereocenters. The molecule has 0 spiro atoms. The minimum Gasteiger partial charge on any atom is -0.396 e. The van der Waals surface area contributed by atoms with Crippen molar-refractivity contribution in [1.82, 2.24) is 5.32 Å². The Balaban J connectivity index is 1.94. The van der Waals surface area contributed by atoms with Crippen molar-refractivity contribution in [2.45, 2.75) is 72.3 Å². The summed E-state index contributed by atoms with van der Waals surface area (Å²) in [6.07, 6.45) is 4.68. The van der Waals surface area contributed by atoms with Crippen molar-refractivity contribution in [3.8, 4) is 0 Å². The standard InChI is InChI=1S/C29H41N3O2/c1-6-7-14-25-26(23-17-15-22(2)16-18-23)31-32(24-12-9-8-10-13-24)29(25,5)27(34)30-20-11-19-28(3,4)21-33/h8-10,12-13,15-18,25,33H,6-7,11,14,19-21H2,1-5H3,(H,30,34). The van der Waals surface area contributed by atoms with Crippen molar-refractivity contribution in [3.05, 3.63) is 65.7 Å². The fourth-order valence-corrected chi connectivity index (χ4v) is 4.68. The summed E-state index contributed by atoms with van der Waals surface area (Å²) >= 11 is 0. The molecule has 2 aromatic rings. The van der Waals surface area contributed by atoms with Crippen LogP contribution in [0.1, 0.15) is 70.9 Å². The highest BCUT2D eigenvalue weighted by Gasteiger charge is 2.53. The van der Waals surface area contributed by atoms with E-state index in [-0.39, 0.29) is 23.8 Å². The van der Waals surface area contributed by atoms with Crippen LogP contribution in [0, 0.1) is 18.3 Å². The summed E-state index contributed by atoms with van der Waals surface area (Å²) in [6.45, 7) is 11.1. The van der Waals surface area contributed by atoms with Gasteiger partial charge >= 0.3 is 0 Å². The van der Waals surface area contributed by atoms with Crippen LogP contribution in [-0.2, 0) is 4.79 Å². The number of nitrogens with zero attached hydrogens (tertiary/aromatic N) is 2. The molecule has 1 aliphatic rings. The van der Waals surface area contributed by atoms with Gasteiger partial charge in [0, 0.05) is 19.1 Å². The molecule has 184 valence electrons. The van der Waals surface area contributed by atoms with E-state index in [1.165, 1.54) is 5.56 Å². The fraction of sp³-hybridized carbons (Fsp3) is 0.517. The molecule has 2 aromatic carbocycles. The smallest absolute Gasteiger partial charge is 0.248 e. The molecule has 0 saturated carbocycles. The Labute approximate surface area is 205 Å². The lowest BCUT2D eigenvalue weighted by Crippen LogP contribution is -2.58. The molecule has 0 saturated heterocycles. The molecule has 1 heterocycles. The molecular formula is C29H41N3O2. The average molecular weight is 464 g/mol. The minimum atomic E-state index is -0.830. The summed E-state index contributed by atoms with van der Waals surface area (Å²) in [7, 11) is 0. The van der Waals surface area contributed by atoms with E-state index in [4.69, 9.17) is 5.10 Å². The summed E-state index contributed by atoms with van der Waals surface area (Å²) in [5, 5.41) is 19.8. The molecule has 34 heavy (non-hydrogen) atoms. The molecular weight excluding hydrogens is 422 g/mol. The van der Waals surface area contributed by atoms with Crippen LogP contribution in [0.3, 0.4) is 0 Å². The van der Waals surface area contributed by atoms with Crippen molar-refractivity contribution in [3.63, 3.8) is 0 Å². The Hall–Kier alpha value is -2.66. The normalized spacial score (nSPS) is 20.4. The maximum atomic E-state index is 13.9. The Kier molecular flexibility index (Phi) is 8.53. The number of aliphatic hydroxyl groups excluding tert-OH is 1. The number of para-hydroxylation sites is 1. The van der Waals surface area contributed by atoms with E-state index in [1.807, 2.05) is 56.1 Å². The topological polar surface area (TPSA) is 64.9 Å². The maximum Gasteiger partial charge on any atom is 0.248 e. The number of nitrogens with one attached hydrogen (secondary N) is 1. The Morgan fingerprint density at radius 1 is 1.12 bits per heavy atom. The Morgan fingerprint density at radius 2 is 1.79 bits per heavy atom. The molecule has 5 nitrogen and oxygen atoms in total. The van der Waals surface area contributed by atoms with Gasteiger partial charge in [-0.05, 0) is 56.2 Å². The van der Waals surface area contributed by atoms with Gasteiger partial charge in [-0.15, -0.1) is 0 Å². The zero-order chi connectivity index (χ0) is 24.8. The van der Waals surface area contributed by atoms with Crippen LogP contribution in [0.15, 0.2) is 59.7 Å². The van der Waals surface area contributed by atoms with Gasteiger partial charge < -0.3 is 10.4 Å². The molecule has 5 heteroatoms. The SMILES string of the molecule is CCCCC1C(c2ccc(C)cc2)=NN(c2ccccc2)C1(C)C(=O)NCCCC(C)(C)CO. The fourth-order valence-electron chi connectivity index (χ4n) is 4.68. The van der Waals surface area contributed by atoms with E-state index in [9.17, 15) is 9.90 Å². The summed E-state index contributed by atoms with van der Waals surface area (Å²) in [5.74, 6) is -0.0191. The first kappa shape index (κ1) is 26.0. The summed E-state index contributed by atoms with van der Waals surface area (Å²) < 4.78 is 0. The van der Waals surface area contributed by atoms with Gasteiger partial charge in [-0.1, -0.05) is 81.6 Å². The lowest BCUT2D eigenvalue weighted by atomic mass is 9.76. The number of anilines is 1. The molecule has 0 bridgehead atoms. The molecule has 1 aliphatic heterocycles. The number of amides is 1. The summed E-state index contributed by atoms with van der Waals surface area (Å²) in [4.78, 5) is 13.9. The average Bonchev–Trinajstić information content (AvgIpc) is 3.14. The molecule has 0 aromatic heterocycles. The monoisotopic (exact) mass is 463 g/mol. The van der Waals surface area contributed by atoms with Crippen LogP contribution in [-0.4, -0.2) is 35.4 Å². The third kappa shape index (κ3) is 5.69. The third-order valence-electron chi connectivity index (χ3n) is 7.05. The highest BCUT2D eigenvalue weighted by atomic mass is 16.3. The number of hydrogen-bond acceptors (Lipinski definition) is 4. The first-order valence-electron chi connectivity index (χ1n) is 12.6. The number of rotatable bonds is 11. The van der Waals surface area contributed by atoms with Crippen molar-refractivity contribution in [2.75, 3.05) is 18.2 Å². The number of unbranched alkanes of at least 4 members (excludes halogenated alkanes) is 1. The lowest BCUT2D eigenvalue weighted by molar-refractivity contribution is -0.126. The second-order valence-corrected chi connectivity index (χ2v) is 10.5. The van der Waals surface area contributed by atoms with Crippen LogP contribution in [0.2, 0.25) is 0 Å². The summed E-state index contributed by atoms with van der Waals surface area (Å²) in [6, 6.07) is 18.5. The number of hydrogen-bond donors (Lipinski definition) is 2. The van der Waals surface area contributed by atoms with E-state index in [2.05, 4.69) is 43.4 Å². The van der Waals surface area contributed by atoms with Gasteiger partial charge in [0.2, 0.25) is 5.91 Å². The zero-order valence-corrected chi connectivity index (χ0v) is 21.5. The summed E-state index contributed by atoms with van der Waals surface area (Å²) in [5.41, 5.74) is 3.22. The molecule has 0 radical (unpaired) electrons. The van der Waals surface area contributed by atoms with Crippen molar-refractivity contribution in [2.24, 2.45) is 16.4 Å². The molecule has 2 N–H and O–H groups in total. The number of aliphatic hydroxyl groups is 1. The van der Waals surface area contributed by atoms with Crippen molar-refractivity contribution >= 4 is 17.3 Å². The van der Waals surface area contributed by atoms with Crippen LogP contribution >= 0.6 is 0 Å². The van der Waals surface area contributed by atoms with E-state index < -0.39 is 5.54 Å². The van der Waals surface area contributed by atoms with Gasteiger partial charge in [0.1, 0.15) is 5.54 Å². The zero-order valence-electron chi connectivity index (χ0n) is 21.5. The van der Waals surface area contributed by atoms with Gasteiger partial charge in [0.15, 0.2) is 0 Å². The van der Waals surface area contributed by atoms with Crippen molar-refractivity contribution < 1.29 is 9.90 Å². The van der Waals surface area contributed by atoms with Crippen LogP contribution in [0.25, 0.3) is 0 Å². The van der Waals surface area contributed by atoms with Gasteiger partial charge in [0.05, 0.1) is 11.4 Å². The number of benzene rings is 2. The Bertz CT molecular complexity index is 969. The number of aryl methyl sites for hydroxylation is 1. The first-order valence-corrected chi connectivity index (χ1v) is 12.6. The van der Waals surface area contributed by atoms with Crippen LogP contribution < -0.4 is 10.3 Å². The lowest BCUT2D eigenvalue weighted by Gasteiger charge is -2.38. The molecule has 3 rings (SSSR count). The van der Waals surface area contributed by atoms with E-state index in [0.29, 0.717) is 6.54 Å². The first-order chi connectivity index (χ1) is 16.2. The predicted octanol–water partition coefficient (Wildman–Crippen LogP) is 5.70. The molecule has 0 fully saturated rings.